The maximum Gasteiger partial charge on any atom is 0.0242 e. The van der Waals surface area contributed by atoms with Gasteiger partial charge in [0.05, 0.1) is 0 Å². The van der Waals surface area contributed by atoms with Crippen LogP contribution in [0.2, 0.25) is 0 Å². The van der Waals surface area contributed by atoms with Crippen molar-refractivity contribution >= 4 is 0 Å². The lowest BCUT2D eigenvalue weighted by atomic mass is 10.0. The fourth-order valence-corrected chi connectivity index (χ4v) is 5.84. The van der Waals surface area contributed by atoms with E-state index >= 15 is 0 Å². The predicted octanol–water partition coefficient (Wildman–Crippen LogP) is 3.13. The minimum absolute atomic E-state index is 0.686. The second-order valence-corrected chi connectivity index (χ2v) is 9.98. The third-order valence-corrected chi connectivity index (χ3v) is 7.56. The molecule has 3 aliphatic rings. The Hall–Kier alpha value is -0.160. The Morgan fingerprint density at radius 3 is 1.77 bits per heavy atom. The van der Waals surface area contributed by atoms with E-state index in [1.165, 1.54) is 52.0 Å². The quantitative estimate of drug-likeness (QED) is 0.688. The van der Waals surface area contributed by atoms with E-state index in [-0.39, 0.29) is 0 Å². The molecule has 3 rings (SSSR count). The fourth-order valence-electron chi connectivity index (χ4n) is 5.84. The van der Waals surface area contributed by atoms with Gasteiger partial charge in [0, 0.05) is 75.0 Å². The minimum atomic E-state index is 0.686. The molecule has 0 aromatic carbocycles. The Labute approximate surface area is 162 Å². The van der Waals surface area contributed by atoms with Crippen LogP contribution < -0.4 is 0 Å². The molecule has 3 saturated heterocycles. The van der Waals surface area contributed by atoms with Gasteiger partial charge in [-0.15, -0.1) is 0 Å². The SMILES string of the molecule is CC(C)N1CCN(C(C)CCC(C)N2C[C@@H]3C[C@H]2CN3C(C)C)[C@H](C)C1. The first-order chi connectivity index (χ1) is 12.3. The van der Waals surface area contributed by atoms with Gasteiger partial charge in [-0.25, -0.2) is 0 Å². The molecule has 0 saturated carbocycles. The minimum Gasteiger partial charge on any atom is -0.298 e. The molecular weight excluding hydrogens is 320 g/mol. The molecule has 2 bridgehead atoms. The van der Waals surface area contributed by atoms with Crippen molar-refractivity contribution in [1.29, 1.82) is 0 Å². The number of rotatable bonds is 7. The first-order valence-electron chi connectivity index (χ1n) is 11.3. The highest BCUT2D eigenvalue weighted by Gasteiger charge is 2.45. The van der Waals surface area contributed by atoms with Crippen molar-refractivity contribution in [2.75, 3.05) is 32.7 Å². The van der Waals surface area contributed by atoms with Crippen LogP contribution in [0.1, 0.15) is 67.7 Å². The zero-order valence-corrected chi connectivity index (χ0v) is 18.5. The van der Waals surface area contributed by atoms with Crippen LogP contribution >= 0.6 is 0 Å². The molecule has 3 fully saturated rings. The summed E-state index contributed by atoms with van der Waals surface area (Å²) in [6.07, 6.45) is 4.10. The van der Waals surface area contributed by atoms with Gasteiger partial charge in [-0.2, -0.15) is 0 Å². The second kappa shape index (κ2) is 8.46. The fraction of sp³-hybridized carbons (Fsp3) is 1.00. The molecule has 0 amide bonds. The molecule has 4 heteroatoms. The molecule has 26 heavy (non-hydrogen) atoms. The molecule has 0 aromatic rings. The van der Waals surface area contributed by atoms with Crippen LogP contribution in [0.25, 0.3) is 0 Å². The normalized spacial score (nSPS) is 34.3. The van der Waals surface area contributed by atoms with Gasteiger partial charge in [-0.3, -0.25) is 19.6 Å². The Morgan fingerprint density at radius 2 is 1.27 bits per heavy atom. The molecule has 3 aliphatic heterocycles. The lowest BCUT2D eigenvalue weighted by molar-refractivity contribution is 0.0312. The summed E-state index contributed by atoms with van der Waals surface area (Å²) in [6, 6.07) is 5.20. The van der Waals surface area contributed by atoms with Crippen molar-refractivity contribution in [1.82, 2.24) is 19.6 Å². The summed E-state index contributed by atoms with van der Waals surface area (Å²) in [4.78, 5) is 11.0. The van der Waals surface area contributed by atoms with Crippen molar-refractivity contribution in [2.24, 2.45) is 0 Å². The Balaban J connectivity index is 1.43. The lowest BCUT2D eigenvalue weighted by Crippen LogP contribution is -2.56. The number of fused-ring (bicyclic) bond motifs is 2. The molecular formula is C22H44N4. The molecule has 0 spiro atoms. The molecule has 4 nitrogen and oxygen atoms in total. The van der Waals surface area contributed by atoms with Gasteiger partial charge in [0.2, 0.25) is 0 Å². The van der Waals surface area contributed by atoms with Crippen LogP contribution in [0.5, 0.6) is 0 Å². The van der Waals surface area contributed by atoms with E-state index in [1.807, 2.05) is 0 Å². The third-order valence-electron chi connectivity index (χ3n) is 7.56. The summed E-state index contributed by atoms with van der Waals surface area (Å²) in [5.74, 6) is 0. The predicted molar refractivity (Wildman–Crippen MR) is 112 cm³/mol. The van der Waals surface area contributed by atoms with Crippen LogP contribution in [-0.2, 0) is 0 Å². The number of piperazine rings is 2. The molecule has 3 heterocycles. The third kappa shape index (κ3) is 4.29. The maximum absolute atomic E-state index is 2.83. The van der Waals surface area contributed by atoms with Gasteiger partial charge < -0.3 is 0 Å². The highest BCUT2D eigenvalue weighted by Crippen LogP contribution is 2.34. The van der Waals surface area contributed by atoms with Crippen LogP contribution in [-0.4, -0.2) is 94.6 Å². The maximum atomic E-state index is 2.83. The average Bonchev–Trinajstić information content (AvgIpc) is 3.19. The van der Waals surface area contributed by atoms with E-state index < -0.39 is 0 Å². The molecule has 0 radical (unpaired) electrons. The number of likely N-dealkylation sites (tertiary alicyclic amines) is 2. The molecule has 152 valence electrons. The van der Waals surface area contributed by atoms with Crippen molar-refractivity contribution in [3.8, 4) is 0 Å². The monoisotopic (exact) mass is 364 g/mol. The second-order valence-electron chi connectivity index (χ2n) is 9.98. The van der Waals surface area contributed by atoms with Crippen LogP contribution in [0.15, 0.2) is 0 Å². The van der Waals surface area contributed by atoms with E-state index in [4.69, 9.17) is 0 Å². The molecule has 0 N–H and O–H groups in total. The number of nitrogens with zero attached hydrogens (tertiary/aromatic N) is 4. The Morgan fingerprint density at radius 1 is 0.692 bits per heavy atom. The Kier molecular flexibility index (Phi) is 6.70. The highest BCUT2D eigenvalue weighted by atomic mass is 15.4. The summed E-state index contributed by atoms with van der Waals surface area (Å²) in [7, 11) is 0. The lowest BCUT2D eigenvalue weighted by Gasteiger charge is -2.45. The van der Waals surface area contributed by atoms with Gasteiger partial charge >= 0.3 is 0 Å². The van der Waals surface area contributed by atoms with Crippen LogP contribution in [0, 0.1) is 0 Å². The summed E-state index contributed by atoms with van der Waals surface area (Å²) < 4.78 is 0. The first kappa shape index (κ1) is 20.6. The number of hydrogen-bond acceptors (Lipinski definition) is 4. The summed E-state index contributed by atoms with van der Waals surface area (Å²) in [5, 5.41) is 0. The van der Waals surface area contributed by atoms with Crippen molar-refractivity contribution in [3.05, 3.63) is 0 Å². The van der Waals surface area contributed by atoms with E-state index in [0.717, 1.165) is 18.1 Å². The smallest absolute Gasteiger partial charge is 0.0242 e. The largest absolute Gasteiger partial charge is 0.298 e. The van der Waals surface area contributed by atoms with Crippen LogP contribution in [0.4, 0.5) is 0 Å². The van der Waals surface area contributed by atoms with Gasteiger partial charge in [0.25, 0.3) is 0 Å². The van der Waals surface area contributed by atoms with Gasteiger partial charge in [0.15, 0.2) is 0 Å². The van der Waals surface area contributed by atoms with Crippen molar-refractivity contribution in [2.45, 2.75) is 110 Å². The van der Waals surface area contributed by atoms with E-state index in [9.17, 15) is 0 Å². The van der Waals surface area contributed by atoms with E-state index in [1.54, 1.807) is 0 Å². The van der Waals surface area contributed by atoms with Crippen LogP contribution in [0.3, 0.4) is 0 Å². The highest BCUT2D eigenvalue weighted by molar-refractivity contribution is 5.02. The first-order valence-corrected chi connectivity index (χ1v) is 11.3. The summed E-state index contributed by atoms with van der Waals surface area (Å²) >= 11 is 0. The average molecular weight is 365 g/mol. The van der Waals surface area contributed by atoms with Gasteiger partial charge in [-0.1, -0.05) is 0 Å². The molecule has 0 aliphatic carbocycles. The summed E-state index contributed by atoms with van der Waals surface area (Å²) in [5.41, 5.74) is 0. The van der Waals surface area contributed by atoms with E-state index in [0.29, 0.717) is 24.2 Å². The molecule has 0 aromatic heterocycles. The van der Waals surface area contributed by atoms with Crippen molar-refractivity contribution in [3.63, 3.8) is 0 Å². The molecule has 2 unspecified atom stereocenters. The van der Waals surface area contributed by atoms with Gasteiger partial charge in [0.1, 0.15) is 0 Å². The zero-order chi connectivity index (χ0) is 19.0. The number of hydrogen-bond donors (Lipinski definition) is 0. The van der Waals surface area contributed by atoms with Gasteiger partial charge in [-0.05, 0) is 67.7 Å². The Bertz CT molecular complexity index is 443. The van der Waals surface area contributed by atoms with E-state index in [2.05, 4.69) is 68.1 Å². The standard InChI is InChI=1S/C22H44N4/c1-16(2)23-10-11-24(20(7)13-23)18(5)8-9-19(6)26-15-21-12-22(26)14-25(21)17(3)4/h16-22H,8-15H2,1-7H3/t18?,19?,20-,21+,22+/m1/s1. The topological polar surface area (TPSA) is 13.0 Å². The summed E-state index contributed by atoms with van der Waals surface area (Å²) in [6.45, 7) is 23.1. The van der Waals surface area contributed by atoms with Crippen molar-refractivity contribution < 1.29 is 0 Å². The zero-order valence-electron chi connectivity index (χ0n) is 18.5. The molecule has 5 atom stereocenters.